The molecule has 190 valence electrons. The highest BCUT2D eigenvalue weighted by Gasteiger charge is 2.32. The van der Waals surface area contributed by atoms with Crippen LogP contribution in [0.5, 0.6) is 0 Å². The molecule has 0 saturated heterocycles. The van der Waals surface area contributed by atoms with Gasteiger partial charge in [0, 0.05) is 40.2 Å². The maximum Gasteiger partial charge on any atom is 0.123 e. The summed E-state index contributed by atoms with van der Waals surface area (Å²) >= 11 is 12.9. The first-order valence-corrected chi connectivity index (χ1v) is 12.7. The van der Waals surface area contributed by atoms with Crippen molar-refractivity contribution >= 4 is 51.2 Å². The smallest absolute Gasteiger partial charge is 0.123 e. The van der Waals surface area contributed by atoms with Crippen LogP contribution in [-0.2, 0) is 0 Å². The highest BCUT2D eigenvalue weighted by atomic mass is 35.5. The van der Waals surface area contributed by atoms with Crippen molar-refractivity contribution in [2.24, 2.45) is 0 Å². The average Bonchev–Trinajstić information content (AvgIpc) is 3.65. The lowest BCUT2D eigenvalue weighted by Crippen LogP contribution is -2.38. The van der Waals surface area contributed by atoms with E-state index >= 15 is 0 Å². The molecular formula is C28H22Cl2FN7. The fourth-order valence-electron chi connectivity index (χ4n) is 4.32. The summed E-state index contributed by atoms with van der Waals surface area (Å²) in [6, 6.07) is 17.4. The zero-order valence-electron chi connectivity index (χ0n) is 20.9. The van der Waals surface area contributed by atoms with Crippen molar-refractivity contribution in [3.8, 4) is 6.07 Å². The van der Waals surface area contributed by atoms with Gasteiger partial charge in [0.2, 0.25) is 0 Å². The van der Waals surface area contributed by atoms with Crippen LogP contribution in [-0.4, -0.2) is 16.0 Å². The first kappa shape index (κ1) is 23.1. The van der Waals surface area contributed by atoms with Crippen LogP contribution in [0.15, 0.2) is 78.8 Å². The van der Waals surface area contributed by atoms with E-state index in [1.807, 2.05) is 17.3 Å². The lowest BCUT2D eigenvalue weighted by Gasteiger charge is -2.22. The molecule has 4 aromatic rings. The average molecular weight is 547 g/mol. The Labute approximate surface area is 230 Å². The lowest BCUT2D eigenvalue weighted by molar-refractivity contribution is 0.260. The van der Waals surface area contributed by atoms with Crippen LogP contribution in [0, 0.1) is 17.1 Å². The summed E-state index contributed by atoms with van der Waals surface area (Å²) in [5.41, 5.74) is 9.75. The topological polar surface area (TPSA) is 88.0 Å². The van der Waals surface area contributed by atoms with Crippen LogP contribution < -0.4 is 21.6 Å². The van der Waals surface area contributed by atoms with Gasteiger partial charge in [0.1, 0.15) is 11.9 Å². The van der Waals surface area contributed by atoms with E-state index in [1.54, 1.807) is 42.5 Å². The second-order valence-electron chi connectivity index (χ2n) is 9.07. The van der Waals surface area contributed by atoms with Gasteiger partial charge in [-0.15, -0.1) is 5.53 Å². The van der Waals surface area contributed by atoms with Crippen LogP contribution >= 0.6 is 23.2 Å². The van der Waals surface area contributed by atoms with Gasteiger partial charge in [-0.1, -0.05) is 41.4 Å². The lowest BCUT2D eigenvalue weighted by atomic mass is 10.0. The molecule has 1 aliphatic heterocycles. The summed E-state index contributed by atoms with van der Waals surface area (Å²) in [4.78, 5) is 4.41. The molecule has 1 saturated carbocycles. The molecule has 0 spiro atoms. The maximum absolute atomic E-state index is 13.8. The second-order valence-corrected chi connectivity index (χ2v) is 9.92. The Morgan fingerprint density at radius 1 is 1.13 bits per heavy atom. The standard InChI is InChI=1S/C28H22Cl2FN7/c29-18-2-1-3-20(10-18)34-26-17(13-32)14-33-28-23(26)11-21(12-24(28)30)35-27(16-4-6-19(31)7-5-16)25-15-38(37-36-25)22-8-9-22/h1-7,10-12,14-15,22,27,35-37H,8-9H2,(H,33,34)/t27-/m1/s1/i27D. The van der Waals surface area contributed by atoms with E-state index in [9.17, 15) is 11.0 Å². The number of aromatic nitrogens is 1. The number of nitrogens with zero attached hydrogens (tertiary/aromatic N) is 3. The third kappa shape index (κ3) is 4.92. The number of halogens is 3. The fourth-order valence-corrected chi connectivity index (χ4v) is 4.78. The Bertz CT molecular complexity index is 1650. The summed E-state index contributed by atoms with van der Waals surface area (Å²) in [6.07, 6.45) is 5.44. The Hall–Kier alpha value is -4.03. The Balaban J connectivity index is 1.46. The van der Waals surface area contributed by atoms with E-state index in [-0.39, 0.29) is 0 Å². The quantitative estimate of drug-likeness (QED) is 0.203. The number of nitrogens with one attached hydrogen (secondary N) is 4. The first-order chi connectivity index (χ1) is 18.8. The zero-order chi connectivity index (χ0) is 27.1. The van der Waals surface area contributed by atoms with Crippen LogP contribution in [0.3, 0.4) is 0 Å². The van der Waals surface area contributed by atoms with Crippen molar-refractivity contribution in [3.05, 3.63) is 106 Å². The van der Waals surface area contributed by atoms with Crippen molar-refractivity contribution in [1.82, 2.24) is 21.0 Å². The molecule has 1 aromatic heterocycles. The second kappa shape index (κ2) is 10.0. The summed E-state index contributed by atoms with van der Waals surface area (Å²) in [5.74, 6) is -0.396. The van der Waals surface area contributed by atoms with E-state index in [1.165, 1.54) is 18.3 Å². The summed E-state index contributed by atoms with van der Waals surface area (Å²) in [6.45, 7) is 0. The number of nitriles is 1. The maximum atomic E-state index is 13.8. The van der Waals surface area contributed by atoms with Crippen LogP contribution in [0.25, 0.3) is 10.9 Å². The van der Waals surface area contributed by atoms with Gasteiger partial charge in [-0.25, -0.2) is 4.39 Å². The highest BCUT2D eigenvalue weighted by Crippen LogP contribution is 2.37. The minimum atomic E-state index is -1.54. The number of rotatable bonds is 7. The molecule has 4 N–H and O–H groups in total. The van der Waals surface area contributed by atoms with Gasteiger partial charge in [-0.2, -0.15) is 5.26 Å². The van der Waals surface area contributed by atoms with Crippen molar-refractivity contribution in [1.29, 1.82) is 5.26 Å². The Morgan fingerprint density at radius 2 is 1.95 bits per heavy atom. The van der Waals surface area contributed by atoms with Gasteiger partial charge < -0.3 is 16.1 Å². The molecule has 0 bridgehead atoms. The first-order valence-electron chi connectivity index (χ1n) is 12.5. The molecule has 0 unspecified atom stereocenters. The number of benzene rings is 3. The monoisotopic (exact) mass is 546 g/mol. The summed E-state index contributed by atoms with van der Waals surface area (Å²) in [5, 5.41) is 19.8. The van der Waals surface area contributed by atoms with Crippen molar-refractivity contribution < 1.29 is 5.76 Å². The van der Waals surface area contributed by atoms with Gasteiger partial charge in [0.25, 0.3) is 0 Å². The van der Waals surface area contributed by atoms with E-state index in [2.05, 4.69) is 32.6 Å². The van der Waals surface area contributed by atoms with E-state index < -0.39 is 11.8 Å². The van der Waals surface area contributed by atoms with Gasteiger partial charge in [0.15, 0.2) is 0 Å². The molecule has 6 rings (SSSR count). The molecule has 2 aliphatic rings. The molecule has 0 radical (unpaired) electrons. The Morgan fingerprint density at radius 3 is 2.68 bits per heavy atom. The number of hydrogen-bond donors (Lipinski definition) is 4. The highest BCUT2D eigenvalue weighted by molar-refractivity contribution is 6.36. The number of hydrogen-bond acceptors (Lipinski definition) is 7. The number of hydrazine groups is 2. The van der Waals surface area contributed by atoms with Crippen molar-refractivity contribution in [2.45, 2.75) is 24.9 Å². The molecule has 0 amide bonds. The van der Waals surface area contributed by atoms with E-state index in [0.717, 1.165) is 12.8 Å². The van der Waals surface area contributed by atoms with Gasteiger partial charge >= 0.3 is 0 Å². The third-order valence-electron chi connectivity index (χ3n) is 6.34. The van der Waals surface area contributed by atoms with Gasteiger partial charge in [0.05, 0.1) is 34.9 Å². The molecule has 7 nitrogen and oxygen atoms in total. The Kier molecular flexibility index (Phi) is 6.10. The van der Waals surface area contributed by atoms with Crippen LogP contribution in [0.1, 0.15) is 31.4 Å². The minimum Gasteiger partial charge on any atom is -0.373 e. The number of pyridine rings is 1. The molecule has 1 fully saturated rings. The van der Waals surface area contributed by atoms with Crippen LogP contribution in [0.4, 0.5) is 21.5 Å². The third-order valence-corrected chi connectivity index (χ3v) is 6.86. The fraction of sp³-hybridized carbons (Fsp3) is 0.143. The number of fused-ring (bicyclic) bond motifs is 1. The molecule has 3 aromatic carbocycles. The molecule has 1 atom stereocenters. The van der Waals surface area contributed by atoms with Crippen molar-refractivity contribution in [3.63, 3.8) is 0 Å². The normalized spacial score (nSPS) is 16.7. The molecule has 1 aliphatic carbocycles. The van der Waals surface area contributed by atoms with Crippen LogP contribution in [0.2, 0.25) is 10.0 Å². The minimum absolute atomic E-state index is 0.316. The predicted octanol–water partition coefficient (Wildman–Crippen LogP) is 6.78. The summed E-state index contributed by atoms with van der Waals surface area (Å²) in [7, 11) is 0. The van der Waals surface area contributed by atoms with Crippen molar-refractivity contribution in [2.75, 3.05) is 10.6 Å². The molecule has 10 heteroatoms. The molecular weight excluding hydrogens is 524 g/mol. The van der Waals surface area contributed by atoms with Gasteiger partial charge in [-0.05, 0) is 60.9 Å². The molecule has 38 heavy (non-hydrogen) atoms. The van der Waals surface area contributed by atoms with Gasteiger partial charge in [-0.3, -0.25) is 9.99 Å². The number of anilines is 3. The SMILES string of the molecule is [2H][C@](Nc1cc(Cl)c2ncc(C#N)c(Nc3cccc(Cl)c3)c2c1)(C1=CN(C2CC2)NN1)c1ccc(F)cc1. The zero-order valence-corrected chi connectivity index (χ0v) is 21.4. The van der Waals surface area contributed by atoms with E-state index in [4.69, 9.17) is 23.2 Å². The predicted molar refractivity (Wildman–Crippen MR) is 148 cm³/mol. The summed E-state index contributed by atoms with van der Waals surface area (Å²) < 4.78 is 23.4. The largest absolute Gasteiger partial charge is 0.373 e. The van der Waals surface area contributed by atoms with E-state index in [0.29, 0.717) is 60.9 Å². The molecule has 2 heterocycles.